The zero-order chi connectivity index (χ0) is 12.7. The molecule has 1 heterocycles. The van der Waals surface area contributed by atoms with Crippen LogP contribution in [0.25, 0.3) is 0 Å². The Balaban J connectivity index is 2.03. The molecule has 0 spiro atoms. The van der Waals surface area contributed by atoms with E-state index in [1.54, 1.807) is 13.2 Å². The molecular formula is C13H12Cl2N2O. The first-order valence-corrected chi connectivity index (χ1v) is 6.49. The maximum absolute atomic E-state index is 6.33. The summed E-state index contributed by atoms with van der Waals surface area (Å²) >= 11 is 12.4. The Labute approximate surface area is 115 Å². The number of fused-ring (bicyclic) bond motifs is 1. The monoisotopic (exact) mass is 282 g/mol. The zero-order valence-corrected chi connectivity index (χ0v) is 11.3. The van der Waals surface area contributed by atoms with E-state index in [0.717, 1.165) is 29.8 Å². The molecule has 1 aliphatic rings. The van der Waals surface area contributed by atoms with E-state index in [9.17, 15) is 0 Å². The molecule has 94 valence electrons. The average molecular weight is 283 g/mol. The number of benzene rings is 1. The van der Waals surface area contributed by atoms with Gasteiger partial charge in [0.05, 0.1) is 22.8 Å². The number of H-pyrrole nitrogens is 1. The molecule has 5 heteroatoms. The topological polar surface area (TPSA) is 37.9 Å². The summed E-state index contributed by atoms with van der Waals surface area (Å²) in [4.78, 5) is 0. The molecule has 1 atom stereocenters. The van der Waals surface area contributed by atoms with Crippen LogP contribution in [0.15, 0.2) is 18.3 Å². The molecule has 3 rings (SSSR count). The van der Waals surface area contributed by atoms with Gasteiger partial charge in [-0.15, -0.1) is 0 Å². The molecule has 0 radical (unpaired) electrons. The molecule has 1 aromatic carbocycles. The SMILES string of the molecule is COc1ccc(Cl)c(Cl)c1C1Cc2c[nH]nc2C1. The number of nitrogens with zero attached hydrogens (tertiary/aromatic N) is 1. The molecule has 1 aliphatic carbocycles. The lowest BCUT2D eigenvalue weighted by atomic mass is 9.95. The summed E-state index contributed by atoms with van der Waals surface area (Å²) in [6.45, 7) is 0. The first-order chi connectivity index (χ1) is 8.70. The van der Waals surface area contributed by atoms with Crippen molar-refractivity contribution < 1.29 is 4.74 Å². The standard InChI is InChI=1S/C13H12Cl2N2O/c1-18-11-3-2-9(14)13(15)12(11)7-4-8-6-16-17-10(8)5-7/h2-3,6-7H,4-5H2,1H3,(H,16,17). The molecule has 1 N–H and O–H groups in total. The number of aromatic nitrogens is 2. The molecule has 3 nitrogen and oxygen atoms in total. The molecule has 0 saturated carbocycles. The number of aromatic amines is 1. The highest BCUT2D eigenvalue weighted by Gasteiger charge is 2.29. The van der Waals surface area contributed by atoms with Gasteiger partial charge in [-0.3, -0.25) is 5.10 Å². The van der Waals surface area contributed by atoms with Crippen LogP contribution in [0.1, 0.15) is 22.7 Å². The predicted molar refractivity (Wildman–Crippen MR) is 71.8 cm³/mol. The summed E-state index contributed by atoms with van der Waals surface area (Å²) in [6.07, 6.45) is 3.73. The molecule has 1 aromatic heterocycles. The van der Waals surface area contributed by atoms with Crippen molar-refractivity contribution in [1.82, 2.24) is 10.2 Å². The van der Waals surface area contributed by atoms with Crippen molar-refractivity contribution >= 4 is 23.2 Å². The van der Waals surface area contributed by atoms with Gasteiger partial charge in [0, 0.05) is 11.8 Å². The van der Waals surface area contributed by atoms with Gasteiger partial charge in [0.2, 0.25) is 0 Å². The van der Waals surface area contributed by atoms with Gasteiger partial charge >= 0.3 is 0 Å². The Bertz CT molecular complexity index is 574. The van der Waals surface area contributed by atoms with Gasteiger partial charge < -0.3 is 4.74 Å². The van der Waals surface area contributed by atoms with Crippen molar-refractivity contribution in [2.45, 2.75) is 18.8 Å². The lowest BCUT2D eigenvalue weighted by Gasteiger charge is -2.17. The summed E-state index contributed by atoms with van der Waals surface area (Å²) in [5, 5.41) is 8.29. The van der Waals surface area contributed by atoms with Crippen molar-refractivity contribution in [2.24, 2.45) is 0 Å². The van der Waals surface area contributed by atoms with Gasteiger partial charge in [0.1, 0.15) is 5.75 Å². The van der Waals surface area contributed by atoms with Crippen LogP contribution >= 0.6 is 23.2 Å². The summed E-state index contributed by atoms with van der Waals surface area (Å²) in [7, 11) is 1.65. The van der Waals surface area contributed by atoms with E-state index in [2.05, 4.69) is 10.2 Å². The first kappa shape index (κ1) is 11.9. The van der Waals surface area contributed by atoms with Crippen LogP contribution in [-0.4, -0.2) is 17.3 Å². The second-order valence-corrected chi connectivity index (χ2v) is 5.22. The van der Waals surface area contributed by atoms with Crippen molar-refractivity contribution in [3.05, 3.63) is 45.2 Å². The molecule has 0 bridgehead atoms. The van der Waals surface area contributed by atoms with Crippen LogP contribution in [0.3, 0.4) is 0 Å². The van der Waals surface area contributed by atoms with E-state index in [-0.39, 0.29) is 0 Å². The highest BCUT2D eigenvalue weighted by atomic mass is 35.5. The van der Waals surface area contributed by atoms with E-state index in [1.807, 2.05) is 12.3 Å². The van der Waals surface area contributed by atoms with Crippen LogP contribution in [0.2, 0.25) is 10.0 Å². The maximum atomic E-state index is 6.33. The van der Waals surface area contributed by atoms with Crippen molar-refractivity contribution in [1.29, 1.82) is 0 Å². The fourth-order valence-corrected chi connectivity index (χ4v) is 3.05. The van der Waals surface area contributed by atoms with Crippen LogP contribution in [0, 0.1) is 0 Å². The molecule has 1 unspecified atom stereocenters. The van der Waals surface area contributed by atoms with Crippen molar-refractivity contribution in [3.8, 4) is 5.75 Å². The minimum atomic E-state index is 0.290. The summed E-state index contributed by atoms with van der Waals surface area (Å²) < 4.78 is 5.40. The maximum Gasteiger partial charge on any atom is 0.123 e. The largest absolute Gasteiger partial charge is 0.496 e. The third-order valence-electron chi connectivity index (χ3n) is 3.44. The molecule has 18 heavy (non-hydrogen) atoms. The number of rotatable bonds is 2. The Kier molecular flexibility index (Phi) is 2.96. The molecule has 0 aliphatic heterocycles. The summed E-state index contributed by atoms with van der Waals surface area (Å²) in [5.41, 5.74) is 3.35. The van der Waals surface area contributed by atoms with Gasteiger partial charge in [-0.05, 0) is 36.5 Å². The van der Waals surface area contributed by atoms with Gasteiger partial charge in [0.15, 0.2) is 0 Å². The van der Waals surface area contributed by atoms with Crippen LogP contribution in [-0.2, 0) is 12.8 Å². The minimum Gasteiger partial charge on any atom is -0.496 e. The second-order valence-electron chi connectivity index (χ2n) is 4.44. The normalized spacial score (nSPS) is 17.8. The lowest BCUT2D eigenvalue weighted by molar-refractivity contribution is 0.405. The van der Waals surface area contributed by atoms with Gasteiger partial charge in [-0.1, -0.05) is 23.2 Å². The molecule has 0 saturated heterocycles. The highest BCUT2D eigenvalue weighted by molar-refractivity contribution is 6.42. The van der Waals surface area contributed by atoms with E-state index in [0.29, 0.717) is 16.0 Å². The van der Waals surface area contributed by atoms with E-state index in [4.69, 9.17) is 27.9 Å². The highest BCUT2D eigenvalue weighted by Crippen LogP contribution is 2.43. The minimum absolute atomic E-state index is 0.290. The van der Waals surface area contributed by atoms with Crippen LogP contribution < -0.4 is 4.74 Å². The smallest absolute Gasteiger partial charge is 0.123 e. The fraction of sp³-hybridized carbons (Fsp3) is 0.308. The number of methoxy groups -OCH3 is 1. The Hall–Kier alpha value is -1.19. The Morgan fingerprint density at radius 2 is 2.17 bits per heavy atom. The van der Waals surface area contributed by atoms with E-state index in [1.165, 1.54) is 5.56 Å². The van der Waals surface area contributed by atoms with E-state index < -0.39 is 0 Å². The molecule has 2 aromatic rings. The molecule has 0 amide bonds. The average Bonchev–Trinajstić information content (AvgIpc) is 2.92. The van der Waals surface area contributed by atoms with Crippen LogP contribution in [0.5, 0.6) is 5.75 Å². The third-order valence-corrected chi connectivity index (χ3v) is 4.25. The number of hydrogen-bond acceptors (Lipinski definition) is 2. The van der Waals surface area contributed by atoms with Gasteiger partial charge in [0.25, 0.3) is 0 Å². The summed E-state index contributed by atoms with van der Waals surface area (Å²) in [5.74, 6) is 1.08. The number of nitrogens with one attached hydrogen (secondary N) is 1. The lowest BCUT2D eigenvalue weighted by Crippen LogP contribution is -2.03. The third kappa shape index (κ3) is 1.78. The second kappa shape index (κ2) is 4.48. The number of ether oxygens (including phenoxy) is 1. The molecule has 0 fully saturated rings. The Morgan fingerprint density at radius 1 is 1.33 bits per heavy atom. The first-order valence-electron chi connectivity index (χ1n) is 5.74. The predicted octanol–water partition coefficient (Wildman–Crippen LogP) is 3.61. The quantitative estimate of drug-likeness (QED) is 0.914. The Morgan fingerprint density at radius 3 is 2.89 bits per heavy atom. The molecular weight excluding hydrogens is 271 g/mol. The van der Waals surface area contributed by atoms with Gasteiger partial charge in [-0.25, -0.2) is 0 Å². The van der Waals surface area contributed by atoms with Crippen LogP contribution in [0.4, 0.5) is 0 Å². The zero-order valence-electron chi connectivity index (χ0n) is 9.84. The van der Waals surface area contributed by atoms with Gasteiger partial charge in [-0.2, -0.15) is 5.10 Å². The fourth-order valence-electron chi connectivity index (χ4n) is 2.58. The number of hydrogen-bond donors (Lipinski definition) is 1. The summed E-state index contributed by atoms with van der Waals surface area (Å²) in [6, 6.07) is 3.63. The number of halogens is 2. The van der Waals surface area contributed by atoms with Crippen molar-refractivity contribution in [2.75, 3.05) is 7.11 Å². The van der Waals surface area contributed by atoms with E-state index >= 15 is 0 Å². The van der Waals surface area contributed by atoms with Crippen molar-refractivity contribution in [3.63, 3.8) is 0 Å².